The molecule has 0 aliphatic rings. The van der Waals surface area contributed by atoms with Crippen LogP contribution in [-0.4, -0.2) is 29.3 Å². The summed E-state index contributed by atoms with van der Waals surface area (Å²) in [5.41, 5.74) is 0.841. The summed E-state index contributed by atoms with van der Waals surface area (Å²) in [6.07, 6.45) is -0.785. The quantitative estimate of drug-likeness (QED) is 0.573. The van der Waals surface area contributed by atoms with Crippen LogP contribution in [0.5, 0.6) is 5.75 Å². The molecule has 0 aliphatic carbocycles. The molecule has 0 aliphatic heterocycles. The first-order valence-corrected chi connectivity index (χ1v) is 7.50. The molecule has 0 fully saturated rings. The van der Waals surface area contributed by atoms with E-state index in [2.05, 4.69) is 5.32 Å². The zero-order valence-corrected chi connectivity index (χ0v) is 13.2. The maximum absolute atomic E-state index is 12.9. The average molecular weight is 334 g/mol. The highest BCUT2D eigenvalue weighted by molar-refractivity contribution is 5.37. The Balaban J connectivity index is 1.79. The summed E-state index contributed by atoms with van der Waals surface area (Å²) in [4.78, 5) is 10.2. The average Bonchev–Trinajstić information content (AvgIpc) is 2.58. The summed E-state index contributed by atoms with van der Waals surface area (Å²) < 4.78 is 18.3. The Morgan fingerprint density at radius 3 is 2.67 bits per heavy atom. The highest BCUT2D eigenvalue weighted by Crippen LogP contribution is 2.19. The smallest absolute Gasteiger partial charge is 0.273 e. The van der Waals surface area contributed by atoms with E-state index in [1.807, 2.05) is 6.92 Å². The molecular formula is C17H19FN2O4. The van der Waals surface area contributed by atoms with Crippen molar-refractivity contribution >= 4 is 5.69 Å². The molecule has 6 nitrogen and oxygen atoms in total. The maximum Gasteiger partial charge on any atom is 0.273 e. The number of aliphatic hydroxyl groups excluding tert-OH is 1. The van der Waals surface area contributed by atoms with E-state index in [4.69, 9.17) is 4.74 Å². The topological polar surface area (TPSA) is 84.6 Å². The molecule has 2 aromatic carbocycles. The van der Waals surface area contributed by atoms with Crippen LogP contribution in [0.2, 0.25) is 0 Å². The molecule has 0 saturated heterocycles. The number of nitrogens with one attached hydrogen (secondary N) is 1. The first-order chi connectivity index (χ1) is 11.5. The largest absolute Gasteiger partial charge is 0.491 e. The third-order valence-electron chi connectivity index (χ3n) is 3.50. The Hall–Kier alpha value is -2.51. The van der Waals surface area contributed by atoms with E-state index in [0.29, 0.717) is 5.75 Å². The molecule has 0 radical (unpaired) electrons. The number of rotatable bonds is 8. The van der Waals surface area contributed by atoms with Crippen LogP contribution in [0.25, 0.3) is 0 Å². The molecule has 0 heterocycles. The number of nitro groups is 1. The Labute approximate surface area is 139 Å². The van der Waals surface area contributed by atoms with Crippen molar-refractivity contribution in [3.05, 3.63) is 70.0 Å². The Morgan fingerprint density at radius 1 is 1.29 bits per heavy atom. The van der Waals surface area contributed by atoms with Crippen LogP contribution in [0.3, 0.4) is 0 Å². The molecule has 2 N–H and O–H groups in total. The van der Waals surface area contributed by atoms with Gasteiger partial charge >= 0.3 is 0 Å². The maximum atomic E-state index is 12.9. The second kappa shape index (κ2) is 8.37. The Kier molecular flexibility index (Phi) is 6.22. The van der Waals surface area contributed by atoms with E-state index >= 15 is 0 Å². The minimum atomic E-state index is -0.785. The summed E-state index contributed by atoms with van der Waals surface area (Å²) >= 11 is 0. The van der Waals surface area contributed by atoms with E-state index in [9.17, 15) is 19.6 Å². The van der Waals surface area contributed by atoms with Gasteiger partial charge in [-0.2, -0.15) is 0 Å². The lowest BCUT2D eigenvalue weighted by Gasteiger charge is -2.18. The molecule has 128 valence electrons. The number of hydrogen-bond donors (Lipinski definition) is 2. The summed E-state index contributed by atoms with van der Waals surface area (Å²) in [5, 5.41) is 23.8. The standard InChI is InChI=1S/C17H19FN2O4/c1-12(13-5-7-14(18)8-6-13)19-10-16(21)11-24-17-4-2-3-15(9-17)20(22)23/h2-9,12,16,19,21H,10-11H2,1H3/t12-,16+/m0/s1. The van der Waals surface area contributed by atoms with Gasteiger partial charge in [0.15, 0.2) is 0 Å². The monoisotopic (exact) mass is 334 g/mol. The lowest BCUT2D eigenvalue weighted by atomic mass is 10.1. The van der Waals surface area contributed by atoms with Gasteiger partial charge in [0.25, 0.3) is 5.69 Å². The number of ether oxygens (including phenoxy) is 1. The van der Waals surface area contributed by atoms with Crippen molar-refractivity contribution in [1.29, 1.82) is 0 Å². The fourth-order valence-electron chi connectivity index (χ4n) is 2.12. The zero-order valence-electron chi connectivity index (χ0n) is 13.2. The molecule has 2 atom stereocenters. The van der Waals surface area contributed by atoms with Gasteiger partial charge in [0, 0.05) is 18.7 Å². The second-order valence-corrected chi connectivity index (χ2v) is 5.40. The highest BCUT2D eigenvalue weighted by Gasteiger charge is 2.11. The van der Waals surface area contributed by atoms with Crippen LogP contribution in [-0.2, 0) is 0 Å². The van der Waals surface area contributed by atoms with E-state index in [-0.39, 0.29) is 30.7 Å². The predicted molar refractivity (Wildman–Crippen MR) is 87.4 cm³/mol. The van der Waals surface area contributed by atoms with Gasteiger partial charge in [-0.1, -0.05) is 18.2 Å². The number of non-ortho nitro benzene ring substituents is 1. The molecule has 0 amide bonds. The van der Waals surface area contributed by atoms with Gasteiger partial charge in [-0.15, -0.1) is 0 Å². The molecule has 2 aromatic rings. The summed E-state index contributed by atoms with van der Waals surface area (Å²) in [6, 6.07) is 11.9. The zero-order chi connectivity index (χ0) is 17.5. The normalized spacial score (nSPS) is 13.3. The first kappa shape index (κ1) is 17.8. The molecule has 0 bridgehead atoms. The molecule has 0 unspecified atom stereocenters. The second-order valence-electron chi connectivity index (χ2n) is 5.40. The highest BCUT2D eigenvalue weighted by atomic mass is 19.1. The van der Waals surface area contributed by atoms with Crippen LogP contribution in [0, 0.1) is 15.9 Å². The van der Waals surface area contributed by atoms with Crippen LogP contribution in [0.4, 0.5) is 10.1 Å². The van der Waals surface area contributed by atoms with Gasteiger partial charge in [-0.05, 0) is 30.7 Å². The van der Waals surface area contributed by atoms with Gasteiger partial charge in [0.2, 0.25) is 0 Å². The summed E-state index contributed by atoms with van der Waals surface area (Å²) in [5.74, 6) is 0.0335. The van der Waals surface area contributed by atoms with E-state index in [0.717, 1.165) is 5.56 Å². The molecule has 2 rings (SSSR count). The minimum Gasteiger partial charge on any atom is -0.491 e. The molecule has 0 aromatic heterocycles. The lowest BCUT2D eigenvalue weighted by Crippen LogP contribution is -2.33. The van der Waals surface area contributed by atoms with Crippen LogP contribution >= 0.6 is 0 Å². The SMILES string of the molecule is C[C@H](NC[C@@H](O)COc1cccc([N+](=O)[O-])c1)c1ccc(F)cc1. The first-order valence-electron chi connectivity index (χ1n) is 7.50. The van der Waals surface area contributed by atoms with Gasteiger partial charge in [-0.25, -0.2) is 4.39 Å². The van der Waals surface area contributed by atoms with Crippen LogP contribution < -0.4 is 10.1 Å². The summed E-state index contributed by atoms with van der Waals surface area (Å²) in [7, 11) is 0. The van der Waals surface area contributed by atoms with E-state index < -0.39 is 11.0 Å². The van der Waals surface area contributed by atoms with Crippen molar-refractivity contribution in [3.63, 3.8) is 0 Å². The fourth-order valence-corrected chi connectivity index (χ4v) is 2.12. The lowest BCUT2D eigenvalue weighted by molar-refractivity contribution is -0.384. The third kappa shape index (κ3) is 5.29. The van der Waals surface area contributed by atoms with Gasteiger partial charge < -0.3 is 15.2 Å². The fraction of sp³-hybridized carbons (Fsp3) is 0.294. The number of benzene rings is 2. The van der Waals surface area contributed by atoms with Crippen LogP contribution in [0.1, 0.15) is 18.5 Å². The number of halogens is 1. The minimum absolute atomic E-state index is 0.00427. The molecule has 0 spiro atoms. The molecular weight excluding hydrogens is 315 g/mol. The van der Waals surface area contributed by atoms with E-state index in [1.165, 1.54) is 30.3 Å². The van der Waals surface area contributed by atoms with E-state index in [1.54, 1.807) is 18.2 Å². The molecule has 24 heavy (non-hydrogen) atoms. The van der Waals surface area contributed by atoms with Crippen molar-refractivity contribution in [2.45, 2.75) is 19.1 Å². The number of hydrogen-bond acceptors (Lipinski definition) is 5. The summed E-state index contributed by atoms with van der Waals surface area (Å²) in [6.45, 7) is 2.18. The number of aliphatic hydroxyl groups is 1. The van der Waals surface area contributed by atoms with Crippen molar-refractivity contribution in [2.75, 3.05) is 13.2 Å². The van der Waals surface area contributed by atoms with Crippen LogP contribution in [0.15, 0.2) is 48.5 Å². The van der Waals surface area contributed by atoms with Crippen molar-refractivity contribution in [3.8, 4) is 5.75 Å². The van der Waals surface area contributed by atoms with Crippen molar-refractivity contribution < 1.29 is 19.2 Å². The van der Waals surface area contributed by atoms with Gasteiger partial charge in [-0.3, -0.25) is 10.1 Å². The van der Waals surface area contributed by atoms with Gasteiger partial charge in [0.05, 0.1) is 11.0 Å². The number of nitrogens with zero attached hydrogens (tertiary/aromatic N) is 1. The Bertz CT molecular complexity index is 679. The predicted octanol–water partition coefficient (Wildman–Crippen LogP) is 2.82. The number of nitro benzene ring substituents is 1. The van der Waals surface area contributed by atoms with Crippen molar-refractivity contribution in [1.82, 2.24) is 5.32 Å². The van der Waals surface area contributed by atoms with Gasteiger partial charge in [0.1, 0.15) is 24.3 Å². The Morgan fingerprint density at radius 2 is 2.00 bits per heavy atom. The van der Waals surface area contributed by atoms with Crippen molar-refractivity contribution in [2.24, 2.45) is 0 Å². The molecule has 7 heteroatoms. The third-order valence-corrected chi connectivity index (χ3v) is 3.50. The molecule has 0 saturated carbocycles.